The molecule has 0 spiro atoms. The number of carbonyl (C=O) groups excluding carboxylic acids is 2. The summed E-state index contributed by atoms with van der Waals surface area (Å²) in [6, 6.07) is 3.96. The van der Waals surface area contributed by atoms with Crippen LogP contribution in [0.2, 0.25) is 0 Å². The van der Waals surface area contributed by atoms with E-state index < -0.39 is 35.9 Å². The number of aromatic nitrogens is 2. The Balaban J connectivity index is 0.000000309. The predicted octanol–water partition coefficient (Wildman–Crippen LogP) is -0.349. The molecule has 2 heterocycles. The summed E-state index contributed by atoms with van der Waals surface area (Å²) in [4.78, 5) is 49.4. The van der Waals surface area contributed by atoms with E-state index >= 15 is 0 Å². The molecule has 0 saturated heterocycles. The lowest BCUT2D eigenvalue weighted by Gasteiger charge is -2.14. The van der Waals surface area contributed by atoms with E-state index in [1.807, 2.05) is 0 Å². The Kier molecular flexibility index (Phi) is 7.62. The largest absolute Gasteiger partial charge is 0.479 e. The second-order valence-electron chi connectivity index (χ2n) is 6.52. The van der Waals surface area contributed by atoms with Gasteiger partial charge in [0.05, 0.1) is 30.1 Å². The van der Waals surface area contributed by atoms with Crippen LogP contribution in [0.1, 0.15) is 33.5 Å². The Bertz CT molecular complexity index is 1030. The monoisotopic (exact) mass is 453 g/mol. The van der Waals surface area contributed by atoms with Gasteiger partial charge in [0.2, 0.25) is 0 Å². The molecule has 0 bridgehead atoms. The summed E-state index contributed by atoms with van der Waals surface area (Å²) >= 11 is 0. The van der Waals surface area contributed by atoms with Crippen LogP contribution in [0.25, 0.3) is 5.69 Å². The van der Waals surface area contributed by atoms with E-state index in [1.54, 1.807) is 18.5 Å². The number of halogens is 1. The SMILES string of the molecule is CCOC(=O)c1ncn2c1CN(C)C(=O)c1cc(F)ccc1-2.O=C(O)C(O)C(O)C(=O)O. The van der Waals surface area contributed by atoms with Crippen molar-refractivity contribution in [1.29, 1.82) is 0 Å². The van der Waals surface area contributed by atoms with E-state index in [0.717, 1.165) is 0 Å². The third kappa shape index (κ3) is 5.07. The van der Waals surface area contributed by atoms with E-state index in [-0.39, 0.29) is 30.3 Å². The van der Waals surface area contributed by atoms with E-state index in [2.05, 4.69) is 4.98 Å². The van der Waals surface area contributed by atoms with Crippen LogP contribution in [-0.2, 0) is 20.9 Å². The zero-order valence-electron chi connectivity index (χ0n) is 16.9. The Morgan fingerprint density at radius 3 is 2.31 bits per heavy atom. The van der Waals surface area contributed by atoms with Gasteiger partial charge in [0.15, 0.2) is 17.9 Å². The van der Waals surface area contributed by atoms with Gasteiger partial charge in [-0.1, -0.05) is 0 Å². The molecule has 4 N–H and O–H groups in total. The van der Waals surface area contributed by atoms with Crippen LogP contribution >= 0.6 is 0 Å². The number of aliphatic hydroxyl groups excluding tert-OH is 2. The molecule has 1 aliphatic heterocycles. The predicted molar refractivity (Wildman–Crippen MR) is 103 cm³/mol. The van der Waals surface area contributed by atoms with Gasteiger partial charge in [0.1, 0.15) is 12.1 Å². The number of imidazole rings is 1. The normalized spacial score (nSPS) is 14.2. The summed E-state index contributed by atoms with van der Waals surface area (Å²) in [6.07, 6.45) is -3.08. The van der Waals surface area contributed by atoms with Crippen LogP contribution in [0.4, 0.5) is 4.39 Å². The van der Waals surface area contributed by atoms with Crippen LogP contribution < -0.4 is 0 Å². The van der Waals surface area contributed by atoms with Crippen LogP contribution in [-0.4, -0.2) is 84.6 Å². The fourth-order valence-corrected chi connectivity index (χ4v) is 2.76. The first-order valence-corrected chi connectivity index (χ1v) is 9.10. The highest BCUT2D eigenvalue weighted by Gasteiger charge is 2.30. The molecule has 0 radical (unpaired) electrons. The molecule has 1 aromatic carbocycles. The number of nitrogens with zero attached hydrogens (tertiary/aromatic N) is 3. The van der Waals surface area contributed by atoms with Gasteiger partial charge >= 0.3 is 17.9 Å². The van der Waals surface area contributed by atoms with Crippen molar-refractivity contribution >= 4 is 23.8 Å². The number of carbonyl (C=O) groups is 4. The van der Waals surface area contributed by atoms with E-state index in [1.165, 1.54) is 29.4 Å². The van der Waals surface area contributed by atoms with Crippen molar-refractivity contribution in [3.05, 3.63) is 47.3 Å². The second kappa shape index (κ2) is 9.98. The summed E-state index contributed by atoms with van der Waals surface area (Å²) in [5.41, 5.74) is 1.43. The van der Waals surface area contributed by atoms with Crippen molar-refractivity contribution in [1.82, 2.24) is 14.5 Å². The van der Waals surface area contributed by atoms with Gasteiger partial charge in [0, 0.05) is 7.05 Å². The van der Waals surface area contributed by atoms with E-state index in [4.69, 9.17) is 25.2 Å². The lowest BCUT2D eigenvalue weighted by Crippen LogP contribution is -2.39. The maximum atomic E-state index is 13.5. The van der Waals surface area contributed by atoms with E-state index in [0.29, 0.717) is 11.4 Å². The lowest BCUT2D eigenvalue weighted by atomic mass is 10.1. The summed E-state index contributed by atoms with van der Waals surface area (Å²) in [6.45, 7) is 2.13. The molecule has 0 aliphatic carbocycles. The minimum Gasteiger partial charge on any atom is -0.479 e. The molecule has 12 nitrogen and oxygen atoms in total. The molecule has 13 heteroatoms. The van der Waals surface area contributed by atoms with Crippen LogP contribution in [0.15, 0.2) is 24.5 Å². The number of carboxylic acid groups (broad SMARTS) is 2. The first-order chi connectivity index (χ1) is 15.0. The molecule has 1 aliphatic rings. The van der Waals surface area contributed by atoms with Gasteiger partial charge < -0.3 is 30.1 Å². The highest BCUT2D eigenvalue weighted by molar-refractivity contribution is 5.99. The molecule has 2 unspecified atom stereocenters. The van der Waals surface area contributed by atoms with Crippen molar-refractivity contribution < 1.29 is 48.7 Å². The smallest absolute Gasteiger partial charge is 0.358 e. The summed E-state index contributed by atoms with van der Waals surface area (Å²) < 4.78 is 20.1. The Labute approximate surface area is 180 Å². The van der Waals surface area contributed by atoms with Crippen molar-refractivity contribution in [3.8, 4) is 5.69 Å². The van der Waals surface area contributed by atoms with Gasteiger partial charge in [-0.25, -0.2) is 23.8 Å². The number of aliphatic carboxylic acids is 2. The summed E-state index contributed by atoms with van der Waals surface area (Å²) in [7, 11) is 1.59. The number of hydrogen-bond donors (Lipinski definition) is 4. The number of rotatable bonds is 5. The summed E-state index contributed by atoms with van der Waals surface area (Å²) in [5.74, 6) is -4.88. The van der Waals surface area contributed by atoms with Crippen molar-refractivity contribution in [2.24, 2.45) is 0 Å². The van der Waals surface area contributed by atoms with Crippen LogP contribution in [0, 0.1) is 5.82 Å². The molecule has 32 heavy (non-hydrogen) atoms. The Morgan fingerprint density at radius 2 is 1.78 bits per heavy atom. The second-order valence-corrected chi connectivity index (χ2v) is 6.52. The number of hydrogen-bond acceptors (Lipinski definition) is 8. The average Bonchev–Trinajstić information content (AvgIpc) is 3.11. The van der Waals surface area contributed by atoms with Crippen molar-refractivity contribution in [2.45, 2.75) is 25.7 Å². The summed E-state index contributed by atoms with van der Waals surface area (Å²) in [5, 5.41) is 32.5. The van der Waals surface area contributed by atoms with Gasteiger partial charge in [-0.15, -0.1) is 0 Å². The molecule has 1 amide bonds. The molecule has 0 saturated carbocycles. The zero-order valence-corrected chi connectivity index (χ0v) is 16.9. The number of ether oxygens (including phenoxy) is 1. The third-order valence-electron chi connectivity index (χ3n) is 4.32. The molecule has 172 valence electrons. The van der Waals surface area contributed by atoms with E-state index in [9.17, 15) is 23.6 Å². The number of fused-ring (bicyclic) bond motifs is 3. The maximum Gasteiger partial charge on any atom is 0.358 e. The number of esters is 1. The molecular formula is C19H20FN3O9. The first kappa shape index (κ1) is 24.4. The van der Waals surface area contributed by atoms with Crippen LogP contribution in [0.5, 0.6) is 0 Å². The zero-order chi connectivity index (χ0) is 24.2. The third-order valence-corrected chi connectivity index (χ3v) is 4.32. The minimum atomic E-state index is -2.27. The minimum absolute atomic E-state index is 0.165. The molecule has 3 rings (SSSR count). The highest BCUT2D eigenvalue weighted by atomic mass is 19.1. The quantitative estimate of drug-likeness (QED) is 0.437. The molecular weight excluding hydrogens is 433 g/mol. The van der Waals surface area contributed by atoms with Crippen molar-refractivity contribution in [2.75, 3.05) is 13.7 Å². The fourth-order valence-electron chi connectivity index (χ4n) is 2.76. The molecule has 2 aromatic rings. The van der Waals surface area contributed by atoms with Crippen LogP contribution in [0.3, 0.4) is 0 Å². The molecule has 2 atom stereocenters. The fraction of sp³-hybridized carbons (Fsp3) is 0.316. The highest BCUT2D eigenvalue weighted by Crippen LogP contribution is 2.26. The number of aliphatic hydroxyl groups is 2. The number of benzene rings is 1. The average molecular weight is 453 g/mol. The first-order valence-electron chi connectivity index (χ1n) is 9.10. The number of carboxylic acids is 2. The topological polar surface area (TPSA) is 179 Å². The lowest BCUT2D eigenvalue weighted by molar-refractivity contribution is -0.165. The van der Waals surface area contributed by atoms with Gasteiger partial charge in [-0.3, -0.25) is 9.36 Å². The standard InChI is InChI=1S/C15H14FN3O3.C4H6O6/c1-3-22-15(21)13-12-7-18(2)14(20)10-6-9(16)4-5-11(10)19(12)8-17-13;5-1(3(7)8)2(6)4(9)10/h4-6,8H,3,7H2,1-2H3;1-2,5-6H,(H,7,8)(H,9,10). The Hall–Kier alpha value is -3.84. The van der Waals surface area contributed by atoms with Gasteiger partial charge in [-0.05, 0) is 25.1 Å². The van der Waals surface area contributed by atoms with Gasteiger partial charge in [-0.2, -0.15) is 0 Å². The van der Waals surface area contributed by atoms with Gasteiger partial charge in [0.25, 0.3) is 5.91 Å². The molecule has 1 aromatic heterocycles. The Morgan fingerprint density at radius 1 is 1.19 bits per heavy atom. The molecule has 0 fully saturated rings. The maximum absolute atomic E-state index is 13.5. The number of amides is 1. The van der Waals surface area contributed by atoms with Crippen molar-refractivity contribution in [3.63, 3.8) is 0 Å².